The third-order valence-electron chi connectivity index (χ3n) is 2.73. The lowest BCUT2D eigenvalue weighted by atomic mass is 10.1. The van der Waals surface area contributed by atoms with Crippen molar-refractivity contribution in [2.75, 3.05) is 18.4 Å². The summed E-state index contributed by atoms with van der Waals surface area (Å²) in [6.45, 7) is 1.71. The van der Waals surface area contributed by atoms with Gasteiger partial charge in [0.1, 0.15) is 0 Å². The third kappa shape index (κ3) is 2.68. The van der Waals surface area contributed by atoms with E-state index in [0.29, 0.717) is 6.04 Å². The molecule has 80 valence electrons. The van der Waals surface area contributed by atoms with Crippen LogP contribution in [-0.2, 0) is 4.79 Å². The molecule has 2 rings (SSSR count). The summed E-state index contributed by atoms with van der Waals surface area (Å²) >= 11 is 0. The first-order valence-electron chi connectivity index (χ1n) is 5.24. The molecule has 15 heavy (non-hydrogen) atoms. The Labute approximate surface area is 89.3 Å². The van der Waals surface area contributed by atoms with E-state index in [0.717, 1.165) is 38.0 Å². The number of nitrogens with one attached hydrogen (secondary N) is 1. The molecule has 1 aliphatic rings. The number of pyridine rings is 1. The highest BCUT2D eigenvalue weighted by atomic mass is 16.1. The Morgan fingerprint density at radius 2 is 2.00 bits per heavy atom. The van der Waals surface area contributed by atoms with Crippen LogP contribution < -0.4 is 5.32 Å². The van der Waals surface area contributed by atoms with Crippen molar-refractivity contribution in [3.63, 3.8) is 0 Å². The number of amides is 1. The zero-order valence-corrected chi connectivity index (χ0v) is 8.60. The van der Waals surface area contributed by atoms with Crippen molar-refractivity contribution >= 4 is 12.1 Å². The Morgan fingerprint density at radius 3 is 2.60 bits per heavy atom. The molecule has 1 amide bonds. The fraction of sp³-hybridized carbons (Fsp3) is 0.455. The fourth-order valence-electron chi connectivity index (χ4n) is 1.83. The quantitative estimate of drug-likeness (QED) is 0.752. The second-order valence-corrected chi connectivity index (χ2v) is 3.80. The monoisotopic (exact) mass is 205 g/mol. The van der Waals surface area contributed by atoms with Gasteiger partial charge in [-0.05, 0) is 25.0 Å². The highest BCUT2D eigenvalue weighted by Gasteiger charge is 2.17. The summed E-state index contributed by atoms with van der Waals surface area (Å²) in [5.41, 5.74) is 1.11. The number of piperidine rings is 1. The molecule has 0 unspecified atom stereocenters. The van der Waals surface area contributed by atoms with Crippen molar-refractivity contribution in [1.29, 1.82) is 0 Å². The molecule has 1 N–H and O–H groups in total. The molecule has 1 aromatic rings. The van der Waals surface area contributed by atoms with Crippen molar-refractivity contribution in [3.05, 3.63) is 24.5 Å². The lowest BCUT2D eigenvalue weighted by Gasteiger charge is -2.30. The molecule has 4 nitrogen and oxygen atoms in total. The van der Waals surface area contributed by atoms with Gasteiger partial charge in [-0.15, -0.1) is 0 Å². The molecule has 0 saturated carbocycles. The van der Waals surface area contributed by atoms with Gasteiger partial charge in [0.05, 0.1) is 0 Å². The summed E-state index contributed by atoms with van der Waals surface area (Å²) in [6, 6.07) is 4.40. The number of rotatable bonds is 3. The number of hydrogen-bond donors (Lipinski definition) is 1. The lowest BCUT2D eigenvalue weighted by Crippen LogP contribution is -2.38. The Morgan fingerprint density at radius 1 is 1.33 bits per heavy atom. The van der Waals surface area contributed by atoms with Gasteiger partial charge in [-0.3, -0.25) is 9.78 Å². The van der Waals surface area contributed by atoms with Crippen molar-refractivity contribution in [3.8, 4) is 0 Å². The number of hydrogen-bond acceptors (Lipinski definition) is 3. The van der Waals surface area contributed by atoms with Gasteiger partial charge in [0.15, 0.2) is 0 Å². The summed E-state index contributed by atoms with van der Waals surface area (Å²) in [5.74, 6) is 0. The molecule has 1 aromatic heterocycles. The summed E-state index contributed by atoms with van der Waals surface area (Å²) < 4.78 is 0. The topological polar surface area (TPSA) is 45.2 Å². The van der Waals surface area contributed by atoms with Gasteiger partial charge < -0.3 is 10.2 Å². The maximum Gasteiger partial charge on any atom is 0.209 e. The normalized spacial score (nSPS) is 17.5. The second-order valence-electron chi connectivity index (χ2n) is 3.80. The van der Waals surface area contributed by atoms with E-state index >= 15 is 0 Å². The van der Waals surface area contributed by atoms with Crippen molar-refractivity contribution < 1.29 is 4.79 Å². The maximum absolute atomic E-state index is 10.5. The van der Waals surface area contributed by atoms with Crippen molar-refractivity contribution in [1.82, 2.24) is 9.88 Å². The van der Waals surface area contributed by atoms with Gasteiger partial charge in [-0.2, -0.15) is 0 Å². The minimum Gasteiger partial charge on any atom is -0.382 e. The van der Waals surface area contributed by atoms with E-state index in [1.54, 1.807) is 12.4 Å². The Hall–Kier alpha value is -1.58. The Kier molecular flexibility index (Phi) is 3.17. The molecule has 0 bridgehead atoms. The van der Waals surface area contributed by atoms with Crippen LogP contribution >= 0.6 is 0 Å². The first kappa shape index (κ1) is 9.96. The first-order valence-corrected chi connectivity index (χ1v) is 5.24. The summed E-state index contributed by atoms with van der Waals surface area (Å²) in [5, 5.41) is 3.44. The van der Waals surface area contributed by atoms with E-state index in [2.05, 4.69) is 10.3 Å². The molecule has 1 saturated heterocycles. The van der Waals surface area contributed by atoms with E-state index in [1.165, 1.54) is 0 Å². The van der Waals surface area contributed by atoms with Crippen LogP contribution in [-0.4, -0.2) is 35.4 Å². The number of nitrogens with zero attached hydrogens (tertiary/aromatic N) is 2. The first-order chi connectivity index (χ1) is 7.38. The minimum absolute atomic E-state index is 0.476. The molecule has 2 heterocycles. The molecule has 0 aliphatic carbocycles. The molecule has 0 atom stereocenters. The zero-order chi connectivity index (χ0) is 10.5. The predicted molar refractivity (Wildman–Crippen MR) is 58.5 cm³/mol. The van der Waals surface area contributed by atoms with E-state index in [4.69, 9.17) is 0 Å². The Bertz CT molecular complexity index is 307. The van der Waals surface area contributed by atoms with Gasteiger partial charge in [-0.1, -0.05) is 0 Å². The minimum atomic E-state index is 0.476. The Balaban J connectivity index is 1.85. The average molecular weight is 205 g/mol. The number of likely N-dealkylation sites (tertiary alicyclic amines) is 1. The number of carbonyl (C=O) groups excluding carboxylic acids is 1. The van der Waals surface area contributed by atoms with Gasteiger partial charge in [0.25, 0.3) is 0 Å². The molecule has 0 spiro atoms. The number of carbonyl (C=O) groups is 1. The van der Waals surface area contributed by atoms with E-state index < -0.39 is 0 Å². The van der Waals surface area contributed by atoms with Crippen LogP contribution in [0.4, 0.5) is 5.69 Å². The lowest BCUT2D eigenvalue weighted by molar-refractivity contribution is -0.118. The van der Waals surface area contributed by atoms with Crippen LogP contribution in [0.2, 0.25) is 0 Å². The van der Waals surface area contributed by atoms with Crippen LogP contribution in [0, 0.1) is 0 Å². The molecular formula is C11H15N3O. The zero-order valence-electron chi connectivity index (χ0n) is 8.60. The van der Waals surface area contributed by atoms with Gasteiger partial charge >= 0.3 is 0 Å². The average Bonchev–Trinajstić information content (AvgIpc) is 2.31. The number of anilines is 1. The van der Waals surface area contributed by atoms with Crippen LogP contribution in [0.1, 0.15) is 12.8 Å². The molecule has 4 heteroatoms. The van der Waals surface area contributed by atoms with Crippen molar-refractivity contribution in [2.24, 2.45) is 0 Å². The highest BCUT2D eigenvalue weighted by molar-refractivity contribution is 5.47. The predicted octanol–water partition coefficient (Wildman–Crippen LogP) is 1.11. The van der Waals surface area contributed by atoms with E-state index in [-0.39, 0.29) is 0 Å². The van der Waals surface area contributed by atoms with Crippen LogP contribution in [0.15, 0.2) is 24.5 Å². The molecule has 1 aliphatic heterocycles. The van der Waals surface area contributed by atoms with E-state index in [9.17, 15) is 4.79 Å². The maximum atomic E-state index is 10.5. The second kappa shape index (κ2) is 4.77. The van der Waals surface area contributed by atoms with Crippen LogP contribution in [0.3, 0.4) is 0 Å². The summed E-state index contributed by atoms with van der Waals surface area (Å²) in [6.07, 6.45) is 6.52. The standard InChI is InChI=1S/C11H15N3O/c15-9-14-7-3-11(4-8-14)13-10-1-5-12-6-2-10/h1-2,5-6,9,11H,3-4,7-8H2,(H,12,13). The molecular weight excluding hydrogens is 190 g/mol. The third-order valence-corrected chi connectivity index (χ3v) is 2.73. The van der Waals surface area contributed by atoms with Gasteiger partial charge in [0, 0.05) is 37.2 Å². The summed E-state index contributed by atoms with van der Waals surface area (Å²) in [4.78, 5) is 16.3. The summed E-state index contributed by atoms with van der Waals surface area (Å²) in [7, 11) is 0. The smallest absolute Gasteiger partial charge is 0.209 e. The SMILES string of the molecule is O=CN1CCC(Nc2ccncc2)CC1. The van der Waals surface area contributed by atoms with E-state index in [1.807, 2.05) is 17.0 Å². The number of aromatic nitrogens is 1. The van der Waals surface area contributed by atoms with Gasteiger partial charge in [0.2, 0.25) is 6.41 Å². The van der Waals surface area contributed by atoms with Crippen LogP contribution in [0.5, 0.6) is 0 Å². The fourth-order valence-corrected chi connectivity index (χ4v) is 1.83. The van der Waals surface area contributed by atoms with Crippen LogP contribution in [0.25, 0.3) is 0 Å². The van der Waals surface area contributed by atoms with Gasteiger partial charge in [-0.25, -0.2) is 0 Å². The highest BCUT2D eigenvalue weighted by Crippen LogP contribution is 2.14. The molecule has 1 fully saturated rings. The largest absolute Gasteiger partial charge is 0.382 e. The van der Waals surface area contributed by atoms with Crippen molar-refractivity contribution in [2.45, 2.75) is 18.9 Å². The molecule has 0 aromatic carbocycles. The molecule has 0 radical (unpaired) electrons.